The third-order valence-electron chi connectivity index (χ3n) is 4.21. The van der Waals surface area contributed by atoms with Gasteiger partial charge in [-0.1, -0.05) is 54.6 Å². The Balaban J connectivity index is 1.93. The molecule has 3 aromatic carbocycles. The van der Waals surface area contributed by atoms with Gasteiger partial charge in [0, 0.05) is 11.6 Å². The summed E-state index contributed by atoms with van der Waals surface area (Å²) in [5.41, 5.74) is 1.24. The maximum Gasteiger partial charge on any atom is 0.342 e. The van der Waals surface area contributed by atoms with Crippen LogP contribution in [0.15, 0.2) is 78.9 Å². The van der Waals surface area contributed by atoms with Gasteiger partial charge in [-0.3, -0.25) is 10.1 Å². The molecule has 128 valence electrons. The summed E-state index contributed by atoms with van der Waals surface area (Å²) in [6.07, 6.45) is 0. The molecule has 0 N–H and O–H groups in total. The number of fused-ring (bicyclic) bond motifs is 1. The first-order valence-electron chi connectivity index (χ1n) is 7.92. The van der Waals surface area contributed by atoms with Gasteiger partial charge in [-0.25, -0.2) is 4.79 Å². The molecule has 0 radical (unpaired) electrons. The smallest absolute Gasteiger partial charge is 0.342 e. The number of carbonyl (C=O) groups excluding carboxylic acids is 1. The molecule has 0 saturated heterocycles. The van der Waals surface area contributed by atoms with E-state index in [1.165, 1.54) is 12.1 Å². The predicted octanol–water partition coefficient (Wildman–Crippen LogP) is 4.05. The lowest BCUT2D eigenvalue weighted by atomic mass is 9.95. The van der Waals surface area contributed by atoms with Gasteiger partial charge in [0.2, 0.25) is 5.75 Å². The number of hydrogen-bond donors (Lipinski definition) is 0. The van der Waals surface area contributed by atoms with E-state index >= 15 is 0 Å². The van der Waals surface area contributed by atoms with Gasteiger partial charge < -0.3 is 9.47 Å². The largest absolute Gasteiger partial charge is 0.437 e. The van der Waals surface area contributed by atoms with Crippen molar-refractivity contribution in [1.82, 2.24) is 0 Å². The third-order valence-corrected chi connectivity index (χ3v) is 4.21. The monoisotopic (exact) mass is 347 g/mol. The number of nitrogens with zero attached hydrogens (tertiary/aromatic N) is 1. The quantitative estimate of drug-likeness (QED) is 0.404. The molecular formula is C20H13NO5. The van der Waals surface area contributed by atoms with Gasteiger partial charge in [-0.05, 0) is 18.2 Å². The van der Waals surface area contributed by atoms with E-state index in [0.29, 0.717) is 16.7 Å². The number of ether oxygens (including phenoxy) is 2. The number of para-hydroxylation sites is 2. The summed E-state index contributed by atoms with van der Waals surface area (Å²) < 4.78 is 11.7. The average Bonchev–Trinajstić information content (AvgIpc) is 2.96. The van der Waals surface area contributed by atoms with Crippen molar-refractivity contribution in [3.8, 4) is 5.75 Å². The molecule has 0 bridgehead atoms. The van der Waals surface area contributed by atoms with Crippen LogP contribution in [0, 0.1) is 10.1 Å². The Kier molecular flexibility index (Phi) is 3.65. The van der Waals surface area contributed by atoms with E-state index < -0.39 is 16.7 Å². The maximum absolute atomic E-state index is 12.4. The van der Waals surface area contributed by atoms with Crippen molar-refractivity contribution in [2.75, 3.05) is 0 Å². The van der Waals surface area contributed by atoms with Crippen molar-refractivity contribution in [1.29, 1.82) is 0 Å². The summed E-state index contributed by atoms with van der Waals surface area (Å²) >= 11 is 0. The molecule has 0 unspecified atom stereocenters. The van der Waals surface area contributed by atoms with Crippen molar-refractivity contribution in [2.45, 2.75) is 5.79 Å². The fraction of sp³-hybridized carbons (Fsp3) is 0.0500. The fourth-order valence-corrected chi connectivity index (χ4v) is 3.04. The SMILES string of the molecule is O=C1O[C@](Oc2ccccc2[N+](=O)[O-])(c2ccccc2)c2ccccc21. The number of carbonyl (C=O) groups is 1. The third kappa shape index (κ3) is 2.39. The van der Waals surface area contributed by atoms with Crippen molar-refractivity contribution >= 4 is 11.7 Å². The molecule has 1 aliphatic heterocycles. The highest BCUT2D eigenvalue weighted by Gasteiger charge is 2.50. The van der Waals surface area contributed by atoms with E-state index in [9.17, 15) is 14.9 Å². The molecule has 0 amide bonds. The van der Waals surface area contributed by atoms with Crippen LogP contribution in [0.5, 0.6) is 5.75 Å². The van der Waals surface area contributed by atoms with Gasteiger partial charge in [-0.15, -0.1) is 0 Å². The number of benzene rings is 3. The molecule has 1 atom stereocenters. The molecule has 1 aliphatic rings. The topological polar surface area (TPSA) is 78.7 Å². The van der Waals surface area contributed by atoms with E-state index in [0.717, 1.165) is 0 Å². The van der Waals surface area contributed by atoms with E-state index in [2.05, 4.69) is 0 Å². The zero-order chi connectivity index (χ0) is 18.1. The Bertz CT molecular complexity index is 1000. The molecule has 4 rings (SSSR count). The van der Waals surface area contributed by atoms with Crippen LogP contribution in [-0.2, 0) is 10.5 Å². The molecule has 6 nitrogen and oxygen atoms in total. The normalized spacial score (nSPS) is 18.1. The Morgan fingerprint density at radius 3 is 2.31 bits per heavy atom. The maximum atomic E-state index is 12.4. The summed E-state index contributed by atoms with van der Waals surface area (Å²) in [7, 11) is 0. The second kappa shape index (κ2) is 6.00. The number of cyclic esters (lactones) is 1. The summed E-state index contributed by atoms with van der Waals surface area (Å²) in [4.78, 5) is 23.3. The minimum atomic E-state index is -1.58. The van der Waals surface area contributed by atoms with Crippen LogP contribution in [0.1, 0.15) is 21.5 Å². The van der Waals surface area contributed by atoms with Crippen molar-refractivity contribution in [3.05, 3.63) is 106 Å². The number of esters is 1. The van der Waals surface area contributed by atoms with E-state index in [-0.39, 0.29) is 11.4 Å². The average molecular weight is 347 g/mol. The standard InChI is InChI=1S/C20H13NO5/c22-19-15-10-4-5-11-16(15)20(26-19,14-8-2-1-3-9-14)25-18-13-7-6-12-17(18)21(23)24/h1-13H/t20-/m1/s1. The van der Waals surface area contributed by atoms with Crippen LogP contribution in [0.4, 0.5) is 5.69 Å². The fourth-order valence-electron chi connectivity index (χ4n) is 3.04. The minimum Gasteiger partial charge on any atom is -0.437 e. The number of hydrogen-bond acceptors (Lipinski definition) is 5. The number of rotatable bonds is 4. The Morgan fingerprint density at radius 1 is 0.885 bits per heavy atom. The molecule has 6 heteroatoms. The van der Waals surface area contributed by atoms with Gasteiger partial charge in [0.25, 0.3) is 0 Å². The second-order valence-electron chi connectivity index (χ2n) is 5.74. The highest BCUT2D eigenvalue weighted by molar-refractivity contribution is 5.95. The summed E-state index contributed by atoms with van der Waals surface area (Å²) in [6.45, 7) is 0. The van der Waals surface area contributed by atoms with Crippen LogP contribution in [-0.4, -0.2) is 10.9 Å². The molecular weight excluding hydrogens is 334 g/mol. The Morgan fingerprint density at radius 2 is 1.54 bits per heavy atom. The molecule has 0 aromatic heterocycles. The minimum absolute atomic E-state index is 0.0193. The second-order valence-corrected chi connectivity index (χ2v) is 5.74. The molecule has 0 fully saturated rings. The molecule has 1 heterocycles. The first kappa shape index (κ1) is 15.8. The van der Waals surface area contributed by atoms with Gasteiger partial charge in [0.05, 0.1) is 16.1 Å². The van der Waals surface area contributed by atoms with Gasteiger partial charge in [0.15, 0.2) is 0 Å². The van der Waals surface area contributed by atoms with E-state index in [1.54, 1.807) is 60.7 Å². The Hall–Kier alpha value is -3.67. The lowest BCUT2D eigenvalue weighted by Gasteiger charge is -2.29. The van der Waals surface area contributed by atoms with Crippen molar-refractivity contribution in [3.63, 3.8) is 0 Å². The highest BCUT2D eigenvalue weighted by atomic mass is 16.7. The van der Waals surface area contributed by atoms with E-state index in [1.807, 2.05) is 6.07 Å². The zero-order valence-electron chi connectivity index (χ0n) is 13.5. The highest BCUT2D eigenvalue weighted by Crippen LogP contribution is 2.45. The summed E-state index contributed by atoms with van der Waals surface area (Å²) in [5, 5.41) is 11.4. The number of nitro benzene ring substituents is 1. The lowest BCUT2D eigenvalue weighted by molar-refractivity contribution is -0.386. The molecule has 3 aromatic rings. The van der Waals surface area contributed by atoms with Crippen molar-refractivity contribution in [2.24, 2.45) is 0 Å². The van der Waals surface area contributed by atoms with Crippen LogP contribution < -0.4 is 4.74 Å². The van der Waals surface area contributed by atoms with Crippen LogP contribution in [0.2, 0.25) is 0 Å². The van der Waals surface area contributed by atoms with Crippen LogP contribution in [0.3, 0.4) is 0 Å². The molecule has 0 aliphatic carbocycles. The van der Waals surface area contributed by atoms with Gasteiger partial charge >= 0.3 is 17.4 Å². The van der Waals surface area contributed by atoms with Crippen LogP contribution >= 0.6 is 0 Å². The number of nitro groups is 1. The van der Waals surface area contributed by atoms with Gasteiger partial charge in [0.1, 0.15) is 0 Å². The molecule has 0 saturated carbocycles. The predicted molar refractivity (Wildman–Crippen MR) is 92.8 cm³/mol. The summed E-state index contributed by atoms with van der Waals surface area (Å²) in [6, 6.07) is 21.8. The van der Waals surface area contributed by atoms with E-state index in [4.69, 9.17) is 9.47 Å². The van der Waals surface area contributed by atoms with Crippen molar-refractivity contribution < 1.29 is 19.2 Å². The molecule has 26 heavy (non-hydrogen) atoms. The molecule has 0 spiro atoms. The first-order chi connectivity index (χ1) is 12.6. The zero-order valence-corrected chi connectivity index (χ0v) is 13.5. The van der Waals surface area contributed by atoms with Crippen LogP contribution in [0.25, 0.3) is 0 Å². The lowest BCUT2D eigenvalue weighted by Crippen LogP contribution is -2.35. The first-order valence-corrected chi connectivity index (χ1v) is 7.92. The Labute approximate surface area is 148 Å². The van der Waals surface area contributed by atoms with Gasteiger partial charge in [-0.2, -0.15) is 0 Å². The summed E-state index contributed by atoms with van der Waals surface area (Å²) in [5.74, 6) is -2.10.